The number of likely N-dealkylation sites (N-methyl/N-ethyl adjacent to an activating group) is 1. The lowest BCUT2D eigenvalue weighted by atomic mass is 10.2. The van der Waals surface area contributed by atoms with Crippen LogP contribution < -0.4 is 5.32 Å². The van der Waals surface area contributed by atoms with Crippen molar-refractivity contribution in [1.29, 1.82) is 0 Å². The summed E-state index contributed by atoms with van der Waals surface area (Å²) in [5, 5.41) is 5.10. The lowest BCUT2D eigenvalue weighted by Gasteiger charge is -2.24. The molecule has 1 aromatic heterocycles. The van der Waals surface area contributed by atoms with E-state index in [1.807, 2.05) is 18.2 Å². The molecule has 0 aliphatic heterocycles. The summed E-state index contributed by atoms with van der Waals surface area (Å²) in [6, 6.07) is 9.33. The smallest absolute Gasteiger partial charge is 0.199 e. The van der Waals surface area contributed by atoms with Crippen molar-refractivity contribution in [2.75, 3.05) is 13.6 Å². The number of benzene rings is 1. The van der Waals surface area contributed by atoms with Gasteiger partial charge in [-0.25, -0.2) is 0 Å². The van der Waals surface area contributed by atoms with Crippen LogP contribution in [0, 0.1) is 0 Å². The van der Waals surface area contributed by atoms with Gasteiger partial charge in [0.05, 0.1) is 0 Å². The van der Waals surface area contributed by atoms with E-state index in [2.05, 4.69) is 30.3 Å². The van der Waals surface area contributed by atoms with Crippen LogP contribution in [0.3, 0.4) is 0 Å². The summed E-state index contributed by atoms with van der Waals surface area (Å²) in [7, 11) is 2.21. The minimum absolute atomic E-state index is 0.502. The third-order valence-electron chi connectivity index (χ3n) is 4.21. The van der Waals surface area contributed by atoms with Crippen LogP contribution in [0.2, 0.25) is 5.22 Å². The molecule has 4 heteroatoms. The standard InChI is InChI=1S/C16H21ClN2O/c1-11(19(2)12-7-8-12)9-18-10-14-13-5-3-4-6-15(13)20-16(14)17/h3-6,11-12,18H,7-10H2,1-2H3. The fraction of sp³-hybridized carbons (Fsp3) is 0.500. The van der Waals surface area contributed by atoms with Crippen LogP contribution in [0.5, 0.6) is 0 Å². The van der Waals surface area contributed by atoms with E-state index >= 15 is 0 Å². The van der Waals surface area contributed by atoms with Crippen molar-refractivity contribution >= 4 is 22.6 Å². The van der Waals surface area contributed by atoms with Gasteiger partial charge in [-0.3, -0.25) is 4.90 Å². The van der Waals surface area contributed by atoms with Gasteiger partial charge < -0.3 is 9.73 Å². The predicted octanol–water partition coefficient (Wildman–Crippen LogP) is 3.66. The summed E-state index contributed by atoms with van der Waals surface area (Å²) in [4.78, 5) is 2.46. The second-order valence-electron chi connectivity index (χ2n) is 5.73. The maximum absolute atomic E-state index is 6.19. The molecule has 0 saturated heterocycles. The van der Waals surface area contributed by atoms with Crippen molar-refractivity contribution in [2.45, 2.75) is 38.4 Å². The minimum Gasteiger partial charge on any atom is -0.444 e. The van der Waals surface area contributed by atoms with Crippen LogP contribution in [0.1, 0.15) is 25.3 Å². The predicted molar refractivity (Wildman–Crippen MR) is 83.2 cm³/mol. The van der Waals surface area contributed by atoms with Crippen LogP contribution in [0.4, 0.5) is 0 Å². The molecule has 108 valence electrons. The first-order valence-corrected chi connectivity index (χ1v) is 7.63. The van der Waals surface area contributed by atoms with E-state index in [1.165, 1.54) is 12.8 Å². The van der Waals surface area contributed by atoms with E-state index < -0.39 is 0 Å². The summed E-state index contributed by atoms with van der Waals surface area (Å²) in [5.74, 6) is 0. The highest BCUT2D eigenvalue weighted by molar-refractivity contribution is 6.30. The van der Waals surface area contributed by atoms with Gasteiger partial charge in [-0.15, -0.1) is 0 Å². The van der Waals surface area contributed by atoms with Crippen molar-refractivity contribution in [1.82, 2.24) is 10.2 Å². The molecule has 1 atom stereocenters. The number of fused-ring (bicyclic) bond motifs is 1. The van der Waals surface area contributed by atoms with Crippen molar-refractivity contribution in [3.63, 3.8) is 0 Å². The number of nitrogens with one attached hydrogen (secondary N) is 1. The Morgan fingerprint density at radius 1 is 1.40 bits per heavy atom. The Labute approximate surface area is 124 Å². The van der Waals surface area contributed by atoms with Crippen molar-refractivity contribution in [2.24, 2.45) is 0 Å². The summed E-state index contributed by atoms with van der Waals surface area (Å²) >= 11 is 6.19. The quantitative estimate of drug-likeness (QED) is 0.881. The average molecular weight is 293 g/mol. The zero-order valence-corrected chi connectivity index (χ0v) is 12.8. The molecular weight excluding hydrogens is 272 g/mol. The molecule has 3 nitrogen and oxygen atoms in total. The zero-order valence-electron chi connectivity index (χ0n) is 12.0. The second kappa shape index (κ2) is 5.76. The fourth-order valence-corrected chi connectivity index (χ4v) is 2.88. The van der Waals surface area contributed by atoms with E-state index in [4.69, 9.17) is 16.0 Å². The Morgan fingerprint density at radius 3 is 2.90 bits per heavy atom. The maximum Gasteiger partial charge on any atom is 0.199 e. The lowest BCUT2D eigenvalue weighted by Crippen LogP contribution is -2.38. The molecule has 1 unspecified atom stereocenters. The molecule has 1 fully saturated rings. The molecule has 2 aromatic rings. The fourth-order valence-electron chi connectivity index (χ4n) is 2.63. The molecule has 1 N–H and O–H groups in total. The van der Waals surface area contributed by atoms with Crippen LogP contribution in [0.15, 0.2) is 28.7 Å². The van der Waals surface area contributed by atoms with E-state index in [-0.39, 0.29) is 0 Å². The zero-order chi connectivity index (χ0) is 14.1. The van der Waals surface area contributed by atoms with E-state index in [1.54, 1.807) is 0 Å². The highest BCUT2D eigenvalue weighted by Gasteiger charge is 2.28. The Kier molecular flexibility index (Phi) is 4.01. The molecule has 0 radical (unpaired) electrons. The molecule has 0 bridgehead atoms. The van der Waals surface area contributed by atoms with Gasteiger partial charge in [0.2, 0.25) is 0 Å². The summed E-state index contributed by atoms with van der Waals surface area (Å²) < 4.78 is 5.57. The number of hydrogen-bond donors (Lipinski definition) is 1. The Bertz CT molecular complexity index is 591. The third kappa shape index (κ3) is 2.85. The number of rotatable bonds is 6. The molecule has 1 heterocycles. The van der Waals surface area contributed by atoms with Gasteiger partial charge in [0.15, 0.2) is 5.22 Å². The largest absolute Gasteiger partial charge is 0.444 e. The second-order valence-corrected chi connectivity index (χ2v) is 6.07. The number of furan rings is 1. The Hall–Kier alpha value is -1.03. The first-order chi connectivity index (χ1) is 9.66. The van der Waals surface area contributed by atoms with Gasteiger partial charge in [-0.1, -0.05) is 18.2 Å². The van der Waals surface area contributed by atoms with Crippen LogP contribution in [-0.2, 0) is 6.54 Å². The van der Waals surface area contributed by atoms with Crippen molar-refractivity contribution < 1.29 is 4.42 Å². The number of hydrogen-bond acceptors (Lipinski definition) is 3. The van der Waals surface area contributed by atoms with Crippen molar-refractivity contribution in [3.05, 3.63) is 35.0 Å². The molecule has 1 aliphatic carbocycles. The van der Waals surface area contributed by atoms with Gasteiger partial charge >= 0.3 is 0 Å². The molecule has 0 spiro atoms. The van der Waals surface area contributed by atoms with Gasteiger partial charge in [-0.05, 0) is 44.5 Å². The van der Waals surface area contributed by atoms with E-state index in [0.717, 1.165) is 35.7 Å². The summed E-state index contributed by atoms with van der Waals surface area (Å²) in [6.07, 6.45) is 2.69. The van der Waals surface area contributed by atoms with Gasteiger partial charge in [0, 0.05) is 36.1 Å². The van der Waals surface area contributed by atoms with Gasteiger partial charge in [-0.2, -0.15) is 0 Å². The number of para-hydroxylation sites is 1. The third-order valence-corrected chi connectivity index (χ3v) is 4.51. The van der Waals surface area contributed by atoms with E-state index in [0.29, 0.717) is 11.3 Å². The molecule has 20 heavy (non-hydrogen) atoms. The molecular formula is C16H21ClN2O. The molecule has 1 saturated carbocycles. The van der Waals surface area contributed by atoms with Crippen LogP contribution >= 0.6 is 11.6 Å². The van der Waals surface area contributed by atoms with Crippen molar-refractivity contribution in [3.8, 4) is 0 Å². The highest BCUT2D eigenvalue weighted by atomic mass is 35.5. The average Bonchev–Trinajstić information content (AvgIpc) is 3.23. The lowest BCUT2D eigenvalue weighted by molar-refractivity contribution is 0.241. The molecule has 3 rings (SSSR count). The van der Waals surface area contributed by atoms with E-state index in [9.17, 15) is 0 Å². The number of halogens is 1. The Morgan fingerprint density at radius 2 is 2.15 bits per heavy atom. The van der Waals surface area contributed by atoms with Crippen LogP contribution in [0.25, 0.3) is 11.0 Å². The monoisotopic (exact) mass is 292 g/mol. The first-order valence-electron chi connectivity index (χ1n) is 7.25. The van der Waals surface area contributed by atoms with Gasteiger partial charge in [0.25, 0.3) is 0 Å². The Balaban J connectivity index is 1.60. The first kappa shape index (κ1) is 13.9. The summed E-state index contributed by atoms with van der Waals surface area (Å²) in [5.41, 5.74) is 1.92. The normalized spacial score (nSPS) is 17.0. The minimum atomic E-state index is 0.502. The highest BCUT2D eigenvalue weighted by Crippen LogP contribution is 2.29. The topological polar surface area (TPSA) is 28.4 Å². The summed E-state index contributed by atoms with van der Waals surface area (Å²) in [6.45, 7) is 3.97. The van der Waals surface area contributed by atoms with Crippen LogP contribution in [-0.4, -0.2) is 30.6 Å². The molecule has 0 amide bonds. The maximum atomic E-state index is 6.19. The SMILES string of the molecule is CC(CNCc1c(Cl)oc2ccccc12)N(C)C1CC1. The molecule has 1 aliphatic rings. The number of nitrogens with zero attached hydrogens (tertiary/aromatic N) is 1. The molecule has 1 aromatic carbocycles. The van der Waals surface area contributed by atoms with Gasteiger partial charge in [0.1, 0.15) is 5.58 Å².